The van der Waals surface area contributed by atoms with Crippen molar-refractivity contribution in [2.24, 2.45) is 34.0 Å². The van der Waals surface area contributed by atoms with E-state index < -0.39 is 52.4 Å². The van der Waals surface area contributed by atoms with Crippen molar-refractivity contribution in [2.45, 2.75) is 78.1 Å². The summed E-state index contributed by atoms with van der Waals surface area (Å²) in [5.41, 5.74) is -1.88. The summed E-state index contributed by atoms with van der Waals surface area (Å²) < 4.78 is 11.1. The SMILES string of the molecule is C=C1[C@@H]2CC[C@@H]3[C@](C2)(C(=O)[C@@H](OC(C)=O)[C@@H]2[C@](C)(COC(C)=O)CC[C@H](O)[C@]23C)[C@@H]1O. The number of fused-ring (bicyclic) bond motifs is 3. The molecule has 4 saturated carbocycles. The van der Waals surface area contributed by atoms with Crippen LogP contribution in [-0.4, -0.2) is 52.9 Å². The third-order valence-corrected chi connectivity index (χ3v) is 9.17. The van der Waals surface area contributed by atoms with Crippen LogP contribution in [0.1, 0.15) is 59.8 Å². The fourth-order valence-electron chi connectivity index (χ4n) is 7.90. The second-order valence-corrected chi connectivity index (χ2v) is 10.8. The minimum atomic E-state index is -1.12. The first-order valence-corrected chi connectivity index (χ1v) is 11.3. The average molecular weight is 435 g/mol. The van der Waals surface area contributed by atoms with Gasteiger partial charge in [-0.3, -0.25) is 14.4 Å². The standard InChI is InChI=1S/C24H34O7/c1-12-15-6-7-16-23(5)17(27)8-9-22(4,11-30-13(2)25)19(23)18(31-14(3)26)21(29)24(16,10-15)20(12)28/h15-20,27-28H,1,6-11H2,2-5H3/t15-,16+,17+,18+,19-,20-,22+,23-,24+/m1/s1. The summed E-state index contributed by atoms with van der Waals surface area (Å²) in [5, 5.41) is 22.6. The van der Waals surface area contributed by atoms with Crippen LogP contribution in [0.2, 0.25) is 0 Å². The smallest absolute Gasteiger partial charge is 0.303 e. The number of esters is 2. The lowest BCUT2D eigenvalue weighted by Gasteiger charge is -2.66. The molecular formula is C24H34O7. The second kappa shape index (κ2) is 7.14. The van der Waals surface area contributed by atoms with Crippen molar-refractivity contribution in [3.8, 4) is 0 Å². The molecule has 0 radical (unpaired) electrons. The summed E-state index contributed by atoms with van der Waals surface area (Å²) >= 11 is 0. The number of carbonyl (C=O) groups excluding carboxylic acids is 3. The van der Waals surface area contributed by atoms with Crippen LogP contribution in [0.4, 0.5) is 0 Å². The molecule has 7 heteroatoms. The fraction of sp³-hybridized carbons (Fsp3) is 0.792. The van der Waals surface area contributed by atoms with Crippen molar-refractivity contribution in [3.05, 3.63) is 12.2 Å². The van der Waals surface area contributed by atoms with Gasteiger partial charge in [0.05, 0.1) is 24.2 Å². The summed E-state index contributed by atoms with van der Waals surface area (Å²) in [7, 11) is 0. The Kier molecular flexibility index (Phi) is 5.17. The first-order valence-electron chi connectivity index (χ1n) is 11.3. The molecular weight excluding hydrogens is 400 g/mol. The Hall–Kier alpha value is -1.73. The van der Waals surface area contributed by atoms with Crippen LogP contribution >= 0.6 is 0 Å². The van der Waals surface area contributed by atoms with E-state index in [2.05, 4.69) is 6.58 Å². The van der Waals surface area contributed by atoms with Crippen LogP contribution in [0, 0.1) is 34.0 Å². The Morgan fingerprint density at radius 3 is 2.42 bits per heavy atom. The minimum Gasteiger partial charge on any atom is -0.465 e. The number of ether oxygens (including phenoxy) is 2. The third-order valence-electron chi connectivity index (χ3n) is 9.17. The molecule has 1 spiro atoms. The van der Waals surface area contributed by atoms with Crippen LogP contribution < -0.4 is 0 Å². The highest BCUT2D eigenvalue weighted by molar-refractivity contribution is 5.94. The molecule has 31 heavy (non-hydrogen) atoms. The van der Waals surface area contributed by atoms with E-state index in [1.807, 2.05) is 13.8 Å². The molecule has 2 bridgehead atoms. The number of ketones is 1. The highest BCUT2D eigenvalue weighted by atomic mass is 16.5. The Labute approximate surface area is 183 Å². The molecule has 0 aromatic carbocycles. The average Bonchev–Trinajstić information content (AvgIpc) is 2.89. The van der Waals surface area contributed by atoms with E-state index in [4.69, 9.17) is 9.47 Å². The number of aliphatic hydroxyl groups is 2. The van der Waals surface area contributed by atoms with Gasteiger partial charge in [0.25, 0.3) is 0 Å². The molecule has 7 nitrogen and oxygen atoms in total. The summed E-state index contributed by atoms with van der Waals surface area (Å²) in [6.45, 7) is 10.7. The van der Waals surface area contributed by atoms with Crippen molar-refractivity contribution < 1.29 is 34.1 Å². The highest BCUT2D eigenvalue weighted by Gasteiger charge is 2.75. The Balaban J connectivity index is 1.89. The number of hydrogen-bond acceptors (Lipinski definition) is 7. The zero-order valence-electron chi connectivity index (χ0n) is 18.8. The predicted octanol–water partition coefficient (Wildman–Crippen LogP) is 2.18. The number of hydrogen-bond donors (Lipinski definition) is 2. The maximum atomic E-state index is 14.1. The van der Waals surface area contributed by atoms with Gasteiger partial charge in [0, 0.05) is 30.6 Å². The van der Waals surface area contributed by atoms with Crippen LogP contribution in [0.15, 0.2) is 12.2 Å². The Morgan fingerprint density at radius 2 is 1.81 bits per heavy atom. The molecule has 0 unspecified atom stereocenters. The van der Waals surface area contributed by atoms with E-state index in [0.717, 1.165) is 6.42 Å². The molecule has 0 aromatic heterocycles. The number of rotatable bonds is 3. The largest absolute Gasteiger partial charge is 0.465 e. The molecule has 0 heterocycles. The minimum absolute atomic E-state index is 0.0569. The lowest BCUT2D eigenvalue weighted by Crippen LogP contribution is -2.72. The Morgan fingerprint density at radius 1 is 1.13 bits per heavy atom. The molecule has 9 atom stereocenters. The van der Waals surface area contributed by atoms with Crippen LogP contribution in [0.3, 0.4) is 0 Å². The highest BCUT2D eigenvalue weighted by Crippen LogP contribution is 2.71. The molecule has 0 aromatic rings. The van der Waals surface area contributed by atoms with Gasteiger partial charge in [0.1, 0.15) is 0 Å². The molecule has 4 aliphatic rings. The number of Topliss-reactive ketones (excluding diaryl/α,β-unsaturated/α-hetero) is 1. The van der Waals surface area contributed by atoms with E-state index >= 15 is 0 Å². The lowest BCUT2D eigenvalue weighted by molar-refractivity contribution is -0.248. The zero-order valence-corrected chi connectivity index (χ0v) is 18.8. The van der Waals surface area contributed by atoms with Crippen molar-refractivity contribution >= 4 is 17.7 Å². The zero-order chi connectivity index (χ0) is 22.9. The Bertz CT molecular complexity index is 836. The molecule has 0 aliphatic heterocycles. The van der Waals surface area contributed by atoms with Gasteiger partial charge in [0.2, 0.25) is 0 Å². The molecule has 2 N–H and O–H groups in total. The maximum absolute atomic E-state index is 14.1. The van der Waals surface area contributed by atoms with Crippen molar-refractivity contribution in [2.75, 3.05) is 6.61 Å². The van der Waals surface area contributed by atoms with E-state index in [0.29, 0.717) is 31.3 Å². The summed E-state index contributed by atoms with van der Waals surface area (Å²) in [5.74, 6) is -2.02. The lowest BCUT2D eigenvalue weighted by atomic mass is 9.39. The van der Waals surface area contributed by atoms with E-state index in [-0.39, 0.29) is 24.2 Å². The van der Waals surface area contributed by atoms with Crippen molar-refractivity contribution in [1.82, 2.24) is 0 Å². The number of carbonyl (C=O) groups is 3. The molecule has 4 rings (SSSR count). The van der Waals surface area contributed by atoms with Gasteiger partial charge in [-0.05, 0) is 49.5 Å². The van der Waals surface area contributed by atoms with Gasteiger partial charge < -0.3 is 19.7 Å². The molecule has 0 saturated heterocycles. The van der Waals surface area contributed by atoms with Crippen LogP contribution in [-0.2, 0) is 23.9 Å². The fourth-order valence-corrected chi connectivity index (χ4v) is 7.90. The van der Waals surface area contributed by atoms with Gasteiger partial charge in [-0.2, -0.15) is 0 Å². The molecule has 4 aliphatic carbocycles. The van der Waals surface area contributed by atoms with Gasteiger partial charge >= 0.3 is 11.9 Å². The number of aliphatic hydroxyl groups excluding tert-OH is 2. The molecule has 172 valence electrons. The van der Waals surface area contributed by atoms with Gasteiger partial charge in [0.15, 0.2) is 11.9 Å². The monoisotopic (exact) mass is 434 g/mol. The van der Waals surface area contributed by atoms with Gasteiger partial charge in [-0.15, -0.1) is 0 Å². The summed E-state index contributed by atoms with van der Waals surface area (Å²) in [6, 6.07) is 0. The van der Waals surface area contributed by atoms with Crippen LogP contribution in [0.5, 0.6) is 0 Å². The normalized spacial score (nSPS) is 48.6. The van der Waals surface area contributed by atoms with Gasteiger partial charge in [-0.25, -0.2) is 0 Å². The van der Waals surface area contributed by atoms with Crippen molar-refractivity contribution in [3.63, 3.8) is 0 Å². The third kappa shape index (κ3) is 2.88. The van der Waals surface area contributed by atoms with Crippen LogP contribution in [0.25, 0.3) is 0 Å². The van der Waals surface area contributed by atoms with E-state index in [1.54, 1.807) is 0 Å². The first-order chi connectivity index (χ1) is 14.4. The first kappa shape index (κ1) is 22.5. The second-order valence-electron chi connectivity index (χ2n) is 10.8. The maximum Gasteiger partial charge on any atom is 0.303 e. The molecule has 0 amide bonds. The molecule has 4 fully saturated rings. The summed E-state index contributed by atoms with van der Waals surface area (Å²) in [4.78, 5) is 37.8. The predicted molar refractivity (Wildman–Crippen MR) is 111 cm³/mol. The van der Waals surface area contributed by atoms with Gasteiger partial charge in [-0.1, -0.05) is 20.4 Å². The summed E-state index contributed by atoms with van der Waals surface area (Å²) in [6.07, 6.45) is 0.133. The van der Waals surface area contributed by atoms with E-state index in [9.17, 15) is 24.6 Å². The topological polar surface area (TPSA) is 110 Å². The van der Waals surface area contributed by atoms with E-state index in [1.165, 1.54) is 13.8 Å². The quantitative estimate of drug-likeness (QED) is 0.517. The van der Waals surface area contributed by atoms with Crippen molar-refractivity contribution in [1.29, 1.82) is 0 Å².